The van der Waals surface area contributed by atoms with E-state index in [0.29, 0.717) is 23.2 Å². The number of anilines is 1. The molecule has 0 aliphatic carbocycles. The van der Waals surface area contributed by atoms with Gasteiger partial charge in [-0.1, -0.05) is 53.0 Å². The average Bonchev–Trinajstić information content (AvgIpc) is 3.40. The molecule has 4 rings (SSSR count). The van der Waals surface area contributed by atoms with Crippen molar-refractivity contribution in [3.8, 4) is 5.75 Å². The molecule has 0 saturated heterocycles. The summed E-state index contributed by atoms with van der Waals surface area (Å²) in [4.78, 5) is 30.3. The second kappa shape index (κ2) is 8.60. The summed E-state index contributed by atoms with van der Waals surface area (Å²) in [7, 11) is 0. The Morgan fingerprint density at radius 2 is 1.93 bits per heavy atom. The van der Waals surface area contributed by atoms with Gasteiger partial charge in [-0.15, -0.1) is 0 Å². The van der Waals surface area contributed by atoms with Crippen LogP contribution < -0.4 is 9.64 Å². The Hall–Kier alpha value is -3.30. The normalized spacial score (nSPS) is 10.8. The maximum atomic E-state index is 13.3. The summed E-state index contributed by atoms with van der Waals surface area (Å²) in [5.74, 6) is 0.427. The maximum absolute atomic E-state index is 13.3. The van der Waals surface area contributed by atoms with Crippen molar-refractivity contribution in [1.29, 1.82) is 0 Å². The lowest BCUT2D eigenvalue weighted by Gasteiger charge is -2.19. The Morgan fingerprint density at radius 1 is 1.13 bits per heavy atom. The molecule has 0 spiro atoms. The molecule has 2 heterocycles. The summed E-state index contributed by atoms with van der Waals surface area (Å²) in [6, 6.07) is 18.0. The lowest BCUT2D eigenvalue weighted by atomic mass is 10.2. The number of benzene rings is 2. The van der Waals surface area contributed by atoms with Crippen LogP contribution in [-0.4, -0.2) is 22.4 Å². The number of fused-ring (bicyclic) bond motifs is 1. The van der Waals surface area contributed by atoms with Gasteiger partial charge in [0.1, 0.15) is 5.75 Å². The number of thiazole rings is 1. The molecular formula is C21H17N3O4S2. The Labute approximate surface area is 180 Å². The van der Waals surface area contributed by atoms with Gasteiger partial charge in [0.2, 0.25) is 0 Å². The molecule has 4 aromatic rings. The minimum atomic E-state index is -0.490. The first-order valence-corrected chi connectivity index (χ1v) is 10.8. The molecule has 9 heteroatoms. The van der Waals surface area contributed by atoms with Crippen molar-refractivity contribution in [1.82, 2.24) is 4.98 Å². The molecule has 0 fully saturated rings. The third kappa shape index (κ3) is 4.17. The summed E-state index contributed by atoms with van der Waals surface area (Å²) >= 11 is 2.25. The molecule has 2 aromatic heterocycles. The zero-order valence-corrected chi connectivity index (χ0v) is 17.6. The van der Waals surface area contributed by atoms with E-state index >= 15 is 0 Å². The quantitative estimate of drug-likeness (QED) is 0.280. The highest BCUT2D eigenvalue weighted by molar-refractivity contribution is 7.22. The van der Waals surface area contributed by atoms with Gasteiger partial charge in [0, 0.05) is 6.07 Å². The van der Waals surface area contributed by atoms with Gasteiger partial charge in [-0.3, -0.25) is 19.8 Å². The summed E-state index contributed by atoms with van der Waals surface area (Å²) in [5.41, 5.74) is 1.70. The number of hydrogen-bond acceptors (Lipinski definition) is 7. The van der Waals surface area contributed by atoms with Crippen molar-refractivity contribution in [2.75, 3.05) is 11.5 Å². The first-order chi connectivity index (χ1) is 14.5. The number of ether oxygens (including phenoxy) is 1. The lowest BCUT2D eigenvalue weighted by Crippen LogP contribution is -2.29. The number of carbonyl (C=O) groups is 1. The van der Waals surface area contributed by atoms with Crippen LogP contribution in [0.15, 0.2) is 60.7 Å². The molecule has 0 N–H and O–H groups in total. The number of carbonyl (C=O) groups excluding carboxylic acids is 1. The Kier molecular flexibility index (Phi) is 5.73. The molecule has 1 amide bonds. The van der Waals surface area contributed by atoms with Crippen LogP contribution in [0.3, 0.4) is 0 Å². The Balaban J connectivity index is 1.73. The number of rotatable bonds is 7. The highest BCUT2D eigenvalue weighted by Gasteiger charge is 2.25. The lowest BCUT2D eigenvalue weighted by molar-refractivity contribution is -0.380. The van der Waals surface area contributed by atoms with Crippen LogP contribution in [0, 0.1) is 10.1 Å². The van der Waals surface area contributed by atoms with Gasteiger partial charge in [0.05, 0.1) is 33.2 Å². The molecule has 7 nitrogen and oxygen atoms in total. The summed E-state index contributed by atoms with van der Waals surface area (Å²) in [5, 5.41) is 11.5. The number of aromatic nitrogens is 1. The van der Waals surface area contributed by atoms with Gasteiger partial charge in [-0.25, -0.2) is 4.98 Å². The monoisotopic (exact) mass is 439 g/mol. The zero-order valence-electron chi connectivity index (χ0n) is 16.0. The van der Waals surface area contributed by atoms with Crippen LogP contribution in [0.1, 0.15) is 22.2 Å². The van der Waals surface area contributed by atoms with Crippen molar-refractivity contribution in [3.63, 3.8) is 0 Å². The largest absolute Gasteiger partial charge is 0.494 e. The van der Waals surface area contributed by atoms with E-state index in [-0.39, 0.29) is 10.9 Å². The highest BCUT2D eigenvalue weighted by Crippen LogP contribution is 2.34. The summed E-state index contributed by atoms with van der Waals surface area (Å²) in [6.07, 6.45) is 0. The van der Waals surface area contributed by atoms with Crippen molar-refractivity contribution in [3.05, 3.63) is 81.2 Å². The van der Waals surface area contributed by atoms with E-state index < -0.39 is 4.92 Å². The van der Waals surface area contributed by atoms with Crippen LogP contribution in [0.4, 0.5) is 10.1 Å². The van der Waals surface area contributed by atoms with Crippen molar-refractivity contribution >= 4 is 48.9 Å². The minimum absolute atomic E-state index is 0.0660. The van der Waals surface area contributed by atoms with Crippen molar-refractivity contribution in [2.24, 2.45) is 0 Å². The molecule has 0 atom stereocenters. The number of nitrogens with zero attached hydrogens (tertiary/aromatic N) is 3. The first kappa shape index (κ1) is 20.0. The van der Waals surface area contributed by atoms with Gasteiger partial charge < -0.3 is 4.74 Å². The van der Waals surface area contributed by atoms with Crippen molar-refractivity contribution in [2.45, 2.75) is 13.5 Å². The molecule has 2 aromatic carbocycles. The second-order valence-electron chi connectivity index (χ2n) is 6.33. The molecule has 152 valence electrons. The molecule has 0 radical (unpaired) electrons. The van der Waals surface area contributed by atoms with Crippen LogP contribution >= 0.6 is 22.7 Å². The number of thiophene rings is 1. The average molecular weight is 440 g/mol. The first-order valence-electron chi connectivity index (χ1n) is 9.18. The Bertz CT molecular complexity index is 1200. The van der Waals surface area contributed by atoms with E-state index in [2.05, 4.69) is 4.98 Å². The fourth-order valence-electron chi connectivity index (χ4n) is 2.93. The standard InChI is InChI=1S/C21H17N3O4S2/c1-2-28-15-8-9-16-18(12-15)30-21(22-16)23(13-14-6-4-3-5-7-14)20(25)17-10-11-19(29-17)24(26)27/h3-12H,2,13H2,1H3. The number of nitro groups is 1. The van der Waals surface area contributed by atoms with Gasteiger partial charge >= 0.3 is 5.00 Å². The topological polar surface area (TPSA) is 85.6 Å². The molecule has 0 bridgehead atoms. The molecule has 30 heavy (non-hydrogen) atoms. The van der Waals surface area contributed by atoms with Gasteiger partial charge in [-0.05, 0) is 36.8 Å². The van der Waals surface area contributed by atoms with E-state index in [4.69, 9.17) is 4.74 Å². The van der Waals surface area contributed by atoms with E-state index in [1.54, 1.807) is 4.90 Å². The Morgan fingerprint density at radius 3 is 2.63 bits per heavy atom. The van der Waals surface area contributed by atoms with E-state index in [0.717, 1.165) is 32.9 Å². The molecule has 0 aliphatic rings. The smallest absolute Gasteiger partial charge is 0.324 e. The third-order valence-corrected chi connectivity index (χ3v) is 6.37. The molecule has 0 unspecified atom stereocenters. The third-order valence-electron chi connectivity index (χ3n) is 4.30. The predicted octanol–water partition coefficient (Wildman–Crippen LogP) is 5.51. The number of hydrogen-bond donors (Lipinski definition) is 0. The van der Waals surface area contributed by atoms with Crippen LogP contribution in [0.25, 0.3) is 10.2 Å². The summed E-state index contributed by atoms with van der Waals surface area (Å²) < 4.78 is 6.46. The number of amides is 1. The molecular weight excluding hydrogens is 422 g/mol. The van der Waals surface area contributed by atoms with Crippen LogP contribution in [0.5, 0.6) is 5.75 Å². The minimum Gasteiger partial charge on any atom is -0.494 e. The van der Waals surface area contributed by atoms with Gasteiger partial charge in [-0.2, -0.15) is 0 Å². The van der Waals surface area contributed by atoms with Crippen LogP contribution in [0.2, 0.25) is 0 Å². The second-order valence-corrected chi connectivity index (χ2v) is 8.40. The van der Waals surface area contributed by atoms with Crippen molar-refractivity contribution < 1.29 is 14.5 Å². The van der Waals surface area contributed by atoms with E-state index in [9.17, 15) is 14.9 Å². The van der Waals surface area contributed by atoms with Gasteiger partial charge in [0.25, 0.3) is 5.91 Å². The maximum Gasteiger partial charge on any atom is 0.324 e. The highest BCUT2D eigenvalue weighted by atomic mass is 32.1. The molecule has 0 saturated carbocycles. The predicted molar refractivity (Wildman–Crippen MR) is 119 cm³/mol. The van der Waals surface area contributed by atoms with Gasteiger partial charge in [0.15, 0.2) is 5.13 Å². The van der Waals surface area contributed by atoms with E-state index in [1.165, 1.54) is 23.5 Å². The van der Waals surface area contributed by atoms with E-state index in [1.807, 2.05) is 55.5 Å². The summed E-state index contributed by atoms with van der Waals surface area (Å²) in [6.45, 7) is 2.79. The fraction of sp³-hybridized carbons (Fsp3) is 0.143. The fourth-order valence-corrected chi connectivity index (χ4v) is 4.69. The van der Waals surface area contributed by atoms with Crippen LogP contribution in [-0.2, 0) is 6.54 Å². The molecule has 0 aliphatic heterocycles. The SMILES string of the molecule is CCOc1ccc2nc(N(Cc3ccccc3)C(=O)c3ccc([N+](=O)[O-])s3)sc2c1. The zero-order chi connectivity index (χ0) is 21.1.